The van der Waals surface area contributed by atoms with Gasteiger partial charge in [-0.25, -0.2) is 4.79 Å². The van der Waals surface area contributed by atoms with E-state index in [-0.39, 0.29) is 5.97 Å². The summed E-state index contributed by atoms with van der Waals surface area (Å²) in [6.07, 6.45) is 22.2. The highest BCUT2D eigenvalue weighted by Gasteiger charge is 2.18. The molecule has 0 saturated heterocycles. The normalized spacial score (nSPS) is 26.3. The largest absolute Gasteiger partial charge is 0.427 e. The second kappa shape index (κ2) is 12.1. The summed E-state index contributed by atoms with van der Waals surface area (Å²) in [6, 6.07) is 0. The van der Waals surface area contributed by atoms with E-state index < -0.39 is 0 Å². The SMILES string of the molecule is C=C(C)C(=O)O/C1=C(\C2=C\CCCCCCCC2)CCCCCCCC1. The second-order valence-corrected chi connectivity index (χ2v) is 8.08. The van der Waals surface area contributed by atoms with Crippen LogP contribution in [-0.2, 0) is 9.53 Å². The zero-order valence-corrected chi connectivity index (χ0v) is 16.9. The number of allylic oxidation sites excluding steroid dienone is 4. The maximum absolute atomic E-state index is 12.2. The molecular formula is C24H38O2. The molecule has 2 aliphatic rings. The summed E-state index contributed by atoms with van der Waals surface area (Å²) in [5.74, 6) is 0.693. The van der Waals surface area contributed by atoms with Crippen molar-refractivity contribution in [3.05, 3.63) is 35.1 Å². The van der Waals surface area contributed by atoms with E-state index >= 15 is 0 Å². The number of carbonyl (C=O) groups excluding carboxylic acids is 1. The van der Waals surface area contributed by atoms with E-state index in [1.165, 1.54) is 88.2 Å². The first kappa shape index (κ1) is 21.0. The number of rotatable bonds is 3. The van der Waals surface area contributed by atoms with Crippen molar-refractivity contribution < 1.29 is 9.53 Å². The van der Waals surface area contributed by atoms with Gasteiger partial charge >= 0.3 is 5.97 Å². The third-order valence-corrected chi connectivity index (χ3v) is 5.66. The lowest BCUT2D eigenvalue weighted by atomic mass is 9.89. The third-order valence-electron chi connectivity index (χ3n) is 5.66. The molecule has 2 heteroatoms. The molecule has 0 aliphatic heterocycles. The van der Waals surface area contributed by atoms with Crippen LogP contribution in [0.4, 0.5) is 0 Å². The molecule has 0 aromatic heterocycles. The standard InChI is InChI=1S/C24H38O2/c1-20(2)24(25)26-23-19-15-11-7-6-10-14-18-22(23)21-16-12-8-4-3-5-9-13-17-21/h16H,1,3-15,17-19H2,2H3/b21-16+,23-22-. The van der Waals surface area contributed by atoms with Gasteiger partial charge in [-0.15, -0.1) is 0 Å². The summed E-state index contributed by atoms with van der Waals surface area (Å²) >= 11 is 0. The molecule has 0 heterocycles. The second-order valence-electron chi connectivity index (χ2n) is 8.08. The van der Waals surface area contributed by atoms with Crippen molar-refractivity contribution >= 4 is 5.97 Å². The Morgan fingerprint density at radius 3 is 2.00 bits per heavy atom. The van der Waals surface area contributed by atoms with Crippen LogP contribution in [0.3, 0.4) is 0 Å². The van der Waals surface area contributed by atoms with E-state index in [2.05, 4.69) is 12.7 Å². The first-order valence-corrected chi connectivity index (χ1v) is 11.0. The molecule has 0 spiro atoms. The van der Waals surface area contributed by atoms with Crippen LogP contribution in [0.15, 0.2) is 35.1 Å². The Labute approximate surface area is 160 Å². The first-order chi connectivity index (χ1) is 12.7. The van der Waals surface area contributed by atoms with Gasteiger partial charge in [0.1, 0.15) is 5.76 Å². The van der Waals surface area contributed by atoms with Crippen LogP contribution in [0.1, 0.15) is 110 Å². The highest BCUT2D eigenvalue weighted by Crippen LogP contribution is 2.32. The molecule has 0 N–H and O–H groups in total. The third kappa shape index (κ3) is 7.51. The molecule has 0 saturated carbocycles. The molecule has 0 unspecified atom stereocenters. The summed E-state index contributed by atoms with van der Waals surface area (Å²) in [5, 5.41) is 0. The van der Waals surface area contributed by atoms with E-state index in [1.54, 1.807) is 6.92 Å². The number of hydrogen-bond donors (Lipinski definition) is 0. The van der Waals surface area contributed by atoms with Crippen LogP contribution in [0.5, 0.6) is 0 Å². The fourth-order valence-corrected chi connectivity index (χ4v) is 4.06. The van der Waals surface area contributed by atoms with Gasteiger partial charge in [0.2, 0.25) is 0 Å². The molecule has 26 heavy (non-hydrogen) atoms. The topological polar surface area (TPSA) is 26.3 Å². The number of hydrogen-bond acceptors (Lipinski definition) is 2. The first-order valence-electron chi connectivity index (χ1n) is 11.0. The van der Waals surface area contributed by atoms with Crippen LogP contribution in [0, 0.1) is 0 Å². The highest BCUT2D eigenvalue weighted by atomic mass is 16.5. The fraction of sp³-hybridized carbons (Fsp3) is 0.708. The Hall–Kier alpha value is -1.31. The molecule has 2 rings (SSSR count). The van der Waals surface area contributed by atoms with Crippen molar-refractivity contribution in [1.82, 2.24) is 0 Å². The van der Waals surface area contributed by atoms with Crippen LogP contribution in [-0.4, -0.2) is 5.97 Å². The highest BCUT2D eigenvalue weighted by molar-refractivity contribution is 5.87. The Morgan fingerprint density at radius 1 is 0.808 bits per heavy atom. The zero-order chi connectivity index (χ0) is 18.6. The van der Waals surface area contributed by atoms with Gasteiger partial charge < -0.3 is 4.74 Å². The van der Waals surface area contributed by atoms with Crippen molar-refractivity contribution in [2.45, 2.75) is 110 Å². The minimum Gasteiger partial charge on any atom is -0.427 e. The number of carbonyl (C=O) groups is 1. The quantitative estimate of drug-likeness (QED) is 0.384. The average Bonchev–Trinajstić information content (AvgIpc) is 2.64. The van der Waals surface area contributed by atoms with E-state index in [0.717, 1.165) is 31.4 Å². The van der Waals surface area contributed by atoms with Crippen LogP contribution in [0.25, 0.3) is 0 Å². The molecule has 2 nitrogen and oxygen atoms in total. The molecule has 0 aromatic rings. The lowest BCUT2D eigenvalue weighted by Crippen LogP contribution is -2.10. The van der Waals surface area contributed by atoms with Crippen molar-refractivity contribution in [3.63, 3.8) is 0 Å². The van der Waals surface area contributed by atoms with Gasteiger partial charge in [0.05, 0.1) is 0 Å². The van der Waals surface area contributed by atoms with Gasteiger partial charge in [0.25, 0.3) is 0 Å². The van der Waals surface area contributed by atoms with Crippen molar-refractivity contribution in [3.8, 4) is 0 Å². The summed E-state index contributed by atoms with van der Waals surface area (Å²) < 4.78 is 5.88. The van der Waals surface area contributed by atoms with Gasteiger partial charge in [0.15, 0.2) is 0 Å². The molecular weight excluding hydrogens is 320 g/mol. The van der Waals surface area contributed by atoms with Gasteiger partial charge in [0, 0.05) is 12.0 Å². The van der Waals surface area contributed by atoms with E-state index in [0.29, 0.717) is 5.57 Å². The predicted molar refractivity (Wildman–Crippen MR) is 110 cm³/mol. The van der Waals surface area contributed by atoms with Gasteiger partial charge in [-0.1, -0.05) is 64.0 Å². The minimum absolute atomic E-state index is 0.255. The van der Waals surface area contributed by atoms with Crippen LogP contribution < -0.4 is 0 Å². The summed E-state index contributed by atoms with van der Waals surface area (Å²) in [5.41, 5.74) is 3.31. The monoisotopic (exact) mass is 358 g/mol. The Bertz CT molecular complexity index is 524. The number of ether oxygens (including phenoxy) is 1. The van der Waals surface area contributed by atoms with Gasteiger partial charge in [-0.3, -0.25) is 0 Å². The van der Waals surface area contributed by atoms with Gasteiger partial charge in [-0.2, -0.15) is 0 Å². The van der Waals surface area contributed by atoms with E-state index in [4.69, 9.17) is 4.74 Å². The van der Waals surface area contributed by atoms with Crippen LogP contribution in [0.2, 0.25) is 0 Å². The Morgan fingerprint density at radius 2 is 1.35 bits per heavy atom. The summed E-state index contributed by atoms with van der Waals surface area (Å²) in [7, 11) is 0. The molecule has 0 radical (unpaired) electrons. The molecule has 0 bridgehead atoms. The molecule has 0 fully saturated rings. The van der Waals surface area contributed by atoms with Crippen molar-refractivity contribution in [2.75, 3.05) is 0 Å². The smallest absolute Gasteiger partial charge is 0.338 e. The van der Waals surface area contributed by atoms with Gasteiger partial charge in [-0.05, 0) is 63.0 Å². The van der Waals surface area contributed by atoms with E-state index in [1.807, 2.05) is 0 Å². The zero-order valence-electron chi connectivity index (χ0n) is 16.9. The predicted octanol–water partition coefficient (Wildman–Crippen LogP) is 7.56. The minimum atomic E-state index is -0.255. The van der Waals surface area contributed by atoms with E-state index in [9.17, 15) is 4.79 Å². The molecule has 0 amide bonds. The maximum Gasteiger partial charge on any atom is 0.338 e. The maximum atomic E-state index is 12.2. The van der Waals surface area contributed by atoms with Crippen molar-refractivity contribution in [1.29, 1.82) is 0 Å². The summed E-state index contributed by atoms with van der Waals surface area (Å²) in [4.78, 5) is 12.2. The molecule has 146 valence electrons. The Balaban J connectivity index is 2.28. The molecule has 0 atom stereocenters. The summed E-state index contributed by atoms with van der Waals surface area (Å²) in [6.45, 7) is 5.51. The number of esters is 1. The lowest BCUT2D eigenvalue weighted by Gasteiger charge is -2.21. The fourth-order valence-electron chi connectivity index (χ4n) is 4.06. The lowest BCUT2D eigenvalue weighted by molar-refractivity contribution is -0.135. The molecule has 2 aliphatic carbocycles. The van der Waals surface area contributed by atoms with Crippen LogP contribution >= 0.6 is 0 Å². The molecule has 0 aromatic carbocycles. The van der Waals surface area contributed by atoms with Crippen molar-refractivity contribution in [2.24, 2.45) is 0 Å². The average molecular weight is 359 g/mol. The Kier molecular flexibility index (Phi) is 9.81.